The normalized spacial score (nSPS) is 25.9. The van der Waals surface area contributed by atoms with E-state index < -0.39 is 0 Å². The van der Waals surface area contributed by atoms with Crippen LogP contribution in [0.2, 0.25) is 0 Å². The predicted octanol–water partition coefficient (Wildman–Crippen LogP) is 2.42. The van der Waals surface area contributed by atoms with Crippen LogP contribution in [-0.2, 0) is 0 Å². The highest BCUT2D eigenvalue weighted by molar-refractivity contribution is 4.74. The van der Waals surface area contributed by atoms with Crippen LogP contribution < -0.4 is 5.32 Å². The van der Waals surface area contributed by atoms with Gasteiger partial charge >= 0.3 is 0 Å². The summed E-state index contributed by atoms with van der Waals surface area (Å²) < 4.78 is 0. The average Bonchev–Trinajstić information content (AvgIpc) is 2.09. The molecule has 1 N–H and O–H groups in total. The zero-order chi connectivity index (χ0) is 8.10. The lowest BCUT2D eigenvalue weighted by Crippen LogP contribution is -2.33. The molecule has 1 atom stereocenters. The van der Waals surface area contributed by atoms with Gasteiger partial charge in [-0.1, -0.05) is 26.7 Å². The Morgan fingerprint density at radius 1 is 1.36 bits per heavy atom. The molecule has 0 bridgehead atoms. The van der Waals surface area contributed by atoms with Crippen molar-refractivity contribution < 1.29 is 0 Å². The molecule has 0 aromatic carbocycles. The second-order valence-electron chi connectivity index (χ2n) is 3.68. The number of nitrogens with one attached hydrogen (secondary N) is 1. The van der Waals surface area contributed by atoms with Crippen LogP contribution in [-0.4, -0.2) is 13.1 Å². The van der Waals surface area contributed by atoms with Gasteiger partial charge in [0, 0.05) is 0 Å². The molecule has 0 aromatic heterocycles. The van der Waals surface area contributed by atoms with Crippen molar-refractivity contribution in [2.75, 3.05) is 13.1 Å². The average molecular weight is 155 g/mol. The highest BCUT2D eigenvalue weighted by atomic mass is 14.9. The summed E-state index contributed by atoms with van der Waals surface area (Å²) in [5, 5.41) is 3.48. The molecule has 1 aliphatic heterocycles. The molecule has 1 heterocycles. The molecule has 0 saturated carbocycles. The van der Waals surface area contributed by atoms with Crippen molar-refractivity contribution in [3.05, 3.63) is 0 Å². The van der Waals surface area contributed by atoms with Crippen molar-refractivity contribution in [1.29, 1.82) is 0 Å². The molecule has 1 unspecified atom stereocenters. The van der Waals surface area contributed by atoms with E-state index in [1.165, 1.54) is 38.8 Å². The Labute approximate surface area is 70.6 Å². The molecule has 1 rings (SSSR count). The molecular weight excluding hydrogens is 134 g/mol. The van der Waals surface area contributed by atoms with Crippen LogP contribution in [0.15, 0.2) is 0 Å². The molecule has 1 nitrogen and oxygen atoms in total. The molecular formula is C10H21N. The van der Waals surface area contributed by atoms with Crippen LogP contribution in [0.4, 0.5) is 0 Å². The van der Waals surface area contributed by atoms with E-state index in [0.717, 1.165) is 11.8 Å². The van der Waals surface area contributed by atoms with Crippen molar-refractivity contribution in [2.24, 2.45) is 11.8 Å². The molecule has 0 aliphatic carbocycles. The summed E-state index contributed by atoms with van der Waals surface area (Å²) in [7, 11) is 0. The lowest BCUT2D eigenvalue weighted by Gasteiger charge is -2.29. The number of hydrogen-bond donors (Lipinski definition) is 1. The van der Waals surface area contributed by atoms with E-state index in [0.29, 0.717) is 0 Å². The Kier molecular flexibility index (Phi) is 3.92. The smallest absolute Gasteiger partial charge is 0.00179 e. The first kappa shape index (κ1) is 9.05. The summed E-state index contributed by atoms with van der Waals surface area (Å²) in [5.41, 5.74) is 0. The van der Waals surface area contributed by atoms with Gasteiger partial charge in [0.2, 0.25) is 0 Å². The van der Waals surface area contributed by atoms with Crippen LogP contribution in [0, 0.1) is 11.8 Å². The molecule has 0 spiro atoms. The molecule has 1 heteroatoms. The Bertz CT molecular complexity index is 91.0. The molecule has 0 radical (unpaired) electrons. The Balaban J connectivity index is 2.30. The van der Waals surface area contributed by atoms with Gasteiger partial charge < -0.3 is 5.32 Å². The number of piperidine rings is 1. The minimum absolute atomic E-state index is 0.971. The highest BCUT2D eigenvalue weighted by Gasteiger charge is 2.19. The van der Waals surface area contributed by atoms with E-state index in [1.807, 2.05) is 0 Å². The first-order valence-electron chi connectivity index (χ1n) is 5.09. The van der Waals surface area contributed by atoms with Crippen LogP contribution in [0.1, 0.15) is 39.5 Å². The fourth-order valence-corrected chi connectivity index (χ4v) is 2.24. The van der Waals surface area contributed by atoms with Gasteiger partial charge in [-0.25, -0.2) is 0 Å². The Morgan fingerprint density at radius 2 is 2.09 bits per heavy atom. The zero-order valence-electron chi connectivity index (χ0n) is 7.90. The molecule has 11 heavy (non-hydrogen) atoms. The third-order valence-corrected chi connectivity index (χ3v) is 3.05. The van der Waals surface area contributed by atoms with E-state index in [-0.39, 0.29) is 0 Å². The van der Waals surface area contributed by atoms with Gasteiger partial charge in [0.15, 0.2) is 0 Å². The summed E-state index contributed by atoms with van der Waals surface area (Å²) >= 11 is 0. The van der Waals surface area contributed by atoms with Crippen molar-refractivity contribution in [3.63, 3.8) is 0 Å². The maximum absolute atomic E-state index is 3.48. The van der Waals surface area contributed by atoms with Gasteiger partial charge in [0.05, 0.1) is 0 Å². The fraction of sp³-hybridized carbons (Fsp3) is 1.00. The standard InChI is InChI=1S/C10H21N/c1-3-9(4-2)10-6-5-7-11-8-10/h9-11H,3-8H2,1-2H3. The first-order chi connectivity index (χ1) is 5.38. The highest BCUT2D eigenvalue weighted by Crippen LogP contribution is 2.24. The molecule has 1 saturated heterocycles. The van der Waals surface area contributed by atoms with E-state index in [9.17, 15) is 0 Å². The Morgan fingerprint density at radius 3 is 2.55 bits per heavy atom. The first-order valence-corrected chi connectivity index (χ1v) is 5.09. The number of hydrogen-bond acceptors (Lipinski definition) is 1. The van der Waals surface area contributed by atoms with Gasteiger partial charge in [-0.15, -0.1) is 0 Å². The third kappa shape index (κ3) is 2.48. The maximum atomic E-state index is 3.48. The van der Waals surface area contributed by atoms with Gasteiger partial charge in [-0.2, -0.15) is 0 Å². The largest absolute Gasteiger partial charge is 0.316 e. The fourth-order valence-electron chi connectivity index (χ4n) is 2.24. The predicted molar refractivity (Wildman–Crippen MR) is 49.7 cm³/mol. The van der Waals surface area contributed by atoms with Crippen molar-refractivity contribution in [2.45, 2.75) is 39.5 Å². The summed E-state index contributed by atoms with van der Waals surface area (Å²) in [6, 6.07) is 0. The van der Waals surface area contributed by atoms with Crippen molar-refractivity contribution in [1.82, 2.24) is 5.32 Å². The second kappa shape index (κ2) is 4.76. The molecule has 1 aliphatic rings. The lowest BCUT2D eigenvalue weighted by molar-refractivity contribution is 0.251. The summed E-state index contributed by atoms with van der Waals surface area (Å²) in [6.45, 7) is 7.16. The van der Waals surface area contributed by atoms with Crippen molar-refractivity contribution in [3.8, 4) is 0 Å². The van der Waals surface area contributed by atoms with Gasteiger partial charge in [-0.3, -0.25) is 0 Å². The summed E-state index contributed by atoms with van der Waals surface area (Å²) in [4.78, 5) is 0. The monoisotopic (exact) mass is 155 g/mol. The number of rotatable bonds is 3. The molecule has 0 amide bonds. The maximum Gasteiger partial charge on any atom is -0.00179 e. The van der Waals surface area contributed by atoms with Crippen molar-refractivity contribution >= 4 is 0 Å². The summed E-state index contributed by atoms with van der Waals surface area (Å²) in [5.74, 6) is 1.95. The van der Waals surface area contributed by atoms with E-state index in [4.69, 9.17) is 0 Å². The van der Waals surface area contributed by atoms with Crippen LogP contribution in [0.5, 0.6) is 0 Å². The zero-order valence-corrected chi connectivity index (χ0v) is 7.90. The van der Waals surface area contributed by atoms with Crippen LogP contribution >= 0.6 is 0 Å². The summed E-state index contributed by atoms with van der Waals surface area (Å²) in [6.07, 6.45) is 5.58. The van der Waals surface area contributed by atoms with Gasteiger partial charge in [-0.05, 0) is 37.8 Å². The molecule has 66 valence electrons. The van der Waals surface area contributed by atoms with Gasteiger partial charge in [0.1, 0.15) is 0 Å². The van der Waals surface area contributed by atoms with Crippen LogP contribution in [0.25, 0.3) is 0 Å². The van der Waals surface area contributed by atoms with Crippen LogP contribution in [0.3, 0.4) is 0 Å². The van der Waals surface area contributed by atoms with E-state index in [2.05, 4.69) is 19.2 Å². The Hall–Kier alpha value is -0.0400. The quantitative estimate of drug-likeness (QED) is 0.660. The minimum atomic E-state index is 0.971. The minimum Gasteiger partial charge on any atom is -0.316 e. The van der Waals surface area contributed by atoms with E-state index in [1.54, 1.807) is 0 Å². The molecule has 1 fully saturated rings. The van der Waals surface area contributed by atoms with E-state index >= 15 is 0 Å². The SMILES string of the molecule is CCC(CC)C1CCCNC1. The topological polar surface area (TPSA) is 12.0 Å². The molecule has 0 aromatic rings. The second-order valence-corrected chi connectivity index (χ2v) is 3.68. The lowest BCUT2D eigenvalue weighted by atomic mass is 9.83. The third-order valence-electron chi connectivity index (χ3n) is 3.05. The van der Waals surface area contributed by atoms with Gasteiger partial charge in [0.25, 0.3) is 0 Å².